The summed E-state index contributed by atoms with van der Waals surface area (Å²) in [6.07, 6.45) is -2.89. The Morgan fingerprint density at radius 1 is 0.623 bits per heavy atom. The monoisotopic (exact) mass is 734 g/mol. The van der Waals surface area contributed by atoms with E-state index in [2.05, 4.69) is 21.3 Å². The third kappa shape index (κ3) is 16.8. The second-order valence-electron chi connectivity index (χ2n) is 15.2. The summed E-state index contributed by atoms with van der Waals surface area (Å²) in [5.74, 6) is -0.487. The van der Waals surface area contributed by atoms with Crippen molar-refractivity contribution >= 4 is 18.1 Å². The molecule has 5 atom stereocenters. The Morgan fingerprint density at radius 2 is 1.09 bits per heavy atom. The molecule has 0 aliphatic rings. The first-order valence-corrected chi connectivity index (χ1v) is 18.1. The van der Waals surface area contributed by atoms with Crippen molar-refractivity contribution in [1.29, 1.82) is 0 Å². The second-order valence-corrected chi connectivity index (χ2v) is 15.2. The standard InChI is InChI=1S/C41H58N4O8/c1-40(2,3)36(45-38(49)52-23-22-51-28-31-20-14-9-15-21-31)37(48)43-32(24-29-16-10-7-11-17-29)34(46)26-42-27-35(47)33(25-30-18-12-8-13-19-30)44-39(50)53-41(4,5)6/h7-21,32-36,42,46-47H,22-28H2,1-6H3,(H,43,48)(H,44,50)(H,45,49)/t32-,33-,34+,35+,36+/m0/s1. The van der Waals surface area contributed by atoms with E-state index in [1.54, 1.807) is 20.8 Å². The van der Waals surface area contributed by atoms with Crippen LogP contribution >= 0.6 is 0 Å². The van der Waals surface area contributed by atoms with Crippen molar-refractivity contribution in [3.05, 3.63) is 108 Å². The smallest absolute Gasteiger partial charge is 0.407 e. The van der Waals surface area contributed by atoms with Crippen LogP contribution in [0.25, 0.3) is 0 Å². The molecule has 3 rings (SSSR count). The molecule has 290 valence electrons. The Hall–Kier alpha value is -4.49. The molecule has 0 bridgehead atoms. The minimum atomic E-state index is -1.09. The summed E-state index contributed by atoms with van der Waals surface area (Å²) in [5.41, 5.74) is 1.39. The molecule has 0 fully saturated rings. The van der Waals surface area contributed by atoms with E-state index in [1.807, 2.05) is 112 Å². The van der Waals surface area contributed by atoms with Crippen molar-refractivity contribution < 1.29 is 38.8 Å². The van der Waals surface area contributed by atoms with E-state index < -0.39 is 59.4 Å². The molecule has 12 heteroatoms. The lowest BCUT2D eigenvalue weighted by Gasteiger charge is -2.33. The number of ether oxygens (including phenoxy) is 3. The van der Waals surface area contributed by atoms with Gasteiger partial charge in [-0.15, -0.1) is 0 Å². The molecule has 0 saturated heterocycles. The van der Waals surface area contributed by atoms with Crippen molar-refractivity contribution in [2.75, 3.05) is 26.3 Å². The van der Waals surface area contributed by atoms with Crippen LogP contribution in [0.5, 0.6) is 0 Å². The third-order valence-corrected chi connectivity index (χ3v) is 8.23. The fourth-order valence-corrected chi connectivity index (χ4v) is 5.48. The van der Waals surface area contributed by atoms with E-state index >= 15 is 0 Å². The topological polar surface area (TPSA) is 167 Å². The van der Waals surface area contributed by atoms with Gasteiger partial charge in [0.2, 0.25) is 5.91 Å². The highest BCUT2D eigenvalue weighted by Gasteiger charge is 2.35. The van der Waals surface area contributed by atoms with E-state index in [4.69, 9.17) is 14.2 Å². The molecule has 3 aromatic rings. The van der Waals surface area contributed by atoms with Crippen molar-refractivity contribution in [3.8, 4) is 0 Å². The Labute approximate surface area is 314 Å². The first-order valence-electron chi connectivity index (χ1n) is 18.1. The average Bonchev–Trinajstić information content (AvgIpc) is 3.09. The lowest BCUT2D eigenvalue weighted by atomic mass is 9.85. The molecule has 0 aliphatic carbocycles. The maximum absolute atomic E-state index is 13.8. The summed E-state index contributed by atoms with van der Waals surface area (Å²) in [6.45, 7) is 11.4. The van der Waals surface area contributed by atoms with Gasteiger partial charge in [0.25, 0.3) is 0 Å². The number of amides is 3. The minimum Gasteiger partial charge on any atom is -0.447 e. The van der Waals surface area contributed by atoms with Crippen molar-refractivity contribution in [2.24, 2.45) is 5.41 Å². The molecule has 0 radical (unpaired) electrons. The van der Waals surface area contributed by atoms with Gasteiger partial charge in [0.05, 0.1) is 37.5 Å². The van der Waals surface area contributed by atoms with Gasteiger partial charge < -0.3 is 45.7 Å². The Morgan fingerprint density at radius 3 is 1.57 bits per heavy atom. The van der Waals surface area contributed by atoms with Crippen LogP contribution in [0.1, 0.15) is 58.2 Å². The summed E-state index contributed by atoms with van der Waals surface area (Å²) in [7, 11) is 0. The fourth-order valence-electron chi connectivity index (χ4n) is 5.48. The number of hydrogen-bond acceptors (Lipinski definition) is 9. The van der Waals surface area contributed by atoms with Gasteiger partial charge in [0, 0.05) is 13.1 Å². The van der Waals surface area contributed by atoms with Crippen LogP contribution in [-0.2, 0) is 38.5 Å². The molecule has 0 aromatic heterocycles. The van der Waals surface area contributed by atoms with Gasteiger partial charge in [-0.25, -0.2) is 9.59 Å². The Bertz CT molecular complexity index is 1510. The number of aliphatic hydroxyl groups excluding tert-OH is 2. The summed E-state index contributed by atoms with van der Waals surface area (Å²) in [5, 5.41) is 34.1. The average molecular weight is 735 g/mol. The van der Waals surface area contributed by atoms with E-state index in [9.17, 15) is 24.6 Å². The van der Waals surface area contributed by atoms with Crippen LogP contribution in [0.4, 0.5) is 9.59 Å². The number of alkyl carbamates (subject to hydrolysis) is 2. The zero-order valence-electron chi connectivity index (χ0n) is 31.8. The molecule has 0 heterocycles. The maximum atomic E-state index is 13.8. The highest BCUT2D eigenvalue weighted by atomic mass is 16.6. The number of aliphatic hydroxyl groups is 2. The summed E-state index contributed by atoms with van der Waals surface area (Å²) in [6, 6.07) is 26.1. The highest BCUT2D eigenvalue weighted by molar-refractivity contribution is 5.86. The first kappa shape index (κ1) is 42.9. The van der Waals surface area contributed by atoms with Crippen molar-refractivity contribution in [3.63, 3.8) is 0 Å². The van der Waals surface area contributed by atoms with Crippen molar-refractivity contribution in [1.82, 2.24) is 21.3 Å². The number of nitrogens with one attached hydrogen (secondary N) is 4. The normalized spacial score (nSPS) is 14.6. The van der Waals surface area contributed by atoms with E-state index in [0.717, 1.165) is 16.7 Å². The fraction of sp³-hybridized carbons (Fsp3) is 0.488. The highest BCUT2D eigenvalue weighted by Crippen LogP contribution is 2.20. The molecule has 3 amide bonds. The quantitative estimate of drug-likeness (QED) is 0.0972. The van der Waals surface area contributed by atoms with Crippen LogP contribution in [0.3, 0.4) is 0 Å². The van der Waals surface area contributed by atoms with E-state index in [1.165, 1.54) is 0 Å². The number of carbonyl (C=O) groups is 3. The molecule has 12 nitrogen and oxygen atoms in total. The molecule has 6 N–H and O–H groups in total. The maximum Gasteiger partial charge on any atom is 0.407 e. The molecule has 0 spiro atoms. The summed E-state index contributed by atoms with van der Waals surface area (Å²) in [4.78, 5) is 39.2. The Balaban J connectivity index is 1.62. The predicted molar refractivity (Wildman–Crippen MR) is 204 cm³/mol. The molecular weight excluding hydrogens is 676 g/mol. The zero-order valence-corrected chi connectivity index (χ0v) is 31.8. The molecule has 3 aromatic carbocycles. The van der Waals surface area contributed by atoms with Gasteiger partial charge in [-0.1, -0.05) is 112 Å². The summed E-state index contributed by atoms with van der Waals surface area (Å²) < 4.78 is 16.3. The van der Waals surface area contributed by atoms with Crippen LogP contribution < -0.4 is 21.3 Å². The molecular formula is C41H58N4O8. The van der Waals surface area contributed by atoms with Gasteiger partial charge in [0.15, 0.2) is 0 Å². The predicted octanol–water partition coefficient (Wildman–Crippen LogP) is 4.52. The largest absolute Gasteiger partial charge is 0.447 e. The SMILES string of the molecule is CC(C)(C)OC(=O)N[C@@H](Cc1ccccc1)[C@H](O)CNC[C@@H](O)[C@H](Cc1ccccc1)NC(=O)[C@@H](NC(=O)OCCOCc1ccccc1)C(C)(C)C. The van der Waals surface area contributed by atoms with Crippen LogP contribution in [0, 0.1) is 5.41 Å². The summed E-state index contributed by atoms with van der Waals surface area (Å²) >= 11 is 0. The van der Waals surface area contributed by atoms with Gasteiger partial charge in [-0.05, 0) is 55.7 Å². The lowest BCUT2D eigenvalue weighted by Crippen LogP contribution is -2.58. The second kappa shape index (κ2) is 21.3. The third-order valence-electron chi connectivity index (χ3n) is 8.23. The molecule has 0 unspecified atom stereocenters. The van der Waals surface area contributed by atoms with Gasteiger partial charge in [0.1, 0.15) is 18.2 Å². The number of rotatable bonds is 19. The first-order chi connectivity index (χ1) is 25.1. The van der Waals surface area contributed by atoms with Gasteiger partial charge in [-0.3, -0.25) is 4.79 Å². The lowest BCUT2D eigenvalue weighted by molar-refractivity contribution is -0.127. The zero-order chi connectivity index (χ0) is 38.9. The molecule has 0 saturated carbocycles. The molecule has 53 heavy (non-hydrogen) atoms. The van der Waals surface area contributed by atoms with Crippen molar-refractivity contribution in [2.45, 2.75) is 96.9 Å². The molecule has 0 aliphatic heterocycles. The van der Waals surface area contributed by atoms with Crippen LogP contribution in [-0.4, -0.2) is 90.5 Å². The Kier molecular flexibility index (Phi) is 17.2. The van der Waals surface area contributed by atoms with E-state index in [0.29, 0.717) is 19.4 Å². The van der Waals surface area contributed by atoms with E-state index in [-0.39, 0.29) is 26.3 Å². The number of benzene rings is 3. The minimum absolute atomic E-state index is 0.00349. The van der Waals surface area contributed by atoms with Gasteiger partial charge in [-0.2, -0.15) is 0 Å². The van der Waals surface area contributed by atoms with Gasteiger partial charge >= 0.3 is 12.2 Å². The number of carbonyl (C=O) groups excluding carboxylic acids is 3. The van der Waals surface area contributed by atoms with Crippen LogP contribution in [0.2, 0.25) is 0 Å². The van der Waals surface area contributed by atoms with Crippen LogP contribution in [0.15, 0.2) is 91.0 Å². The number of hydrogen-bond donors (Lipinski definition) is 6.